The quantitative estimate of drug-likeness (QED) is 0.599. The predicted octanol–water partition coefficient (Wildman–Crippen LogP) is 4.27. The highest BCUT2D eigenvalue weighted by Crippen LogP contribution is 2.36. The van der Waals surface area contributed by atoms with E-state index in [-0.39, 0.29) is 23.0 Å². The fourth-order valence-corrected chi connectivity index (χ4v) is 3.29. The summed E-state index contributed by atoms with van der Waals surface area (Å²) in [7, 11) is 0. The number of piperidine rings is 1. The van der Waals surface area contributed by atoms with Gasteiger partial charge in [0.15, 0.2) is 0 Å². The zero-order chi connectivity index (χ0) is 18.0. The van der Waals surface area contributed by atoms with Gasteiger partial charge in [-0.05, 0) is 37.0 Å². The van der Waals surface area contributed by atoms with Crippen molar-refractivity contribution in [1.29, 1.82) is 0 Å². The Hall–Kier alpha value is -2.29. The lowest BCUT2D eigenvalue weighted by Gasteiger charge is -2.31. The number of hydrogen-bond donors (Lipinski definition) is 1. The Bertz CT molecular complexity index is 804. The van der Waals surface area contributed by atoms with Gasteiger partial charge >= 0.3 is 5.69 Å². The molecule has 1 aliphatic rings. The number of nitro groups is 1. The Morgan fingerprint density at radius 2 is 2.24 bits per heavy atom. The van der Waals surface area contributed by atoms with Crippen molar-refractivity contribution in [1.82, 2.24) is 9.97 Å². The highest BCUT2D eigenvalue weighted by atomic mass is 79.9. The Kier molecular flexibility index (Phi) is 5.12. The molecule has 0 saturated carbocycles. The summed E-state index contributed by atoms with van der Waals surface area (Å²) >= 11 is 3.18. The molecule has 1 saturated heterocycles. The van der Waals surface area contributed by atoms with Crippen LogP contribution in [0.3, 0.4) is 0 Å². The highest BCUT2D eigenvalue weighted by Gasteiger charge is 2.29. The molecule has 1 atom stereocenters. The molecule has 1 unspecified atom stereocenters. The number of nitrogens with zero attached hydrogens (tertiary/aromatic N) is 4. The van der Waals surface area contributed by atoms with E-state index in [1.807, 2.05) is 4.90 Å². The van der Waals surface area contributed by atoms with Gasteiger partial charge in [-0.2, -0.15) is 0 Å². The summed E-state index contributed by atoms with van der Waals surface area (Å²) in [6.07, 6.45) is 3.30. The molecule has 25 heavy (non-hydrogen) atoms. The summed E-state index contributed by atoms with van der Waals surface area (Å²) in [6.45, 7) is 3.51. The van der Waals surface area contributed by atoms with Crippen LogP contribution in [0.1, 0.15) is 19.8 Å². The van der Waals surface area contributed by atoms with Gasteiger partial charge in [0.2, 0.25) is 11.6 Å². The predicted molar refractivity (Wildman–Crippen MR) is 96.7 cm³/mol. The average Bonchev–Trinajstić information content (AvgIpc) is 2.57. The summed E-state index contributed by atoms with van der Waals surface area (Å²) in [6, 6.07) is 4.42. The molecule has 0 aliphatic carbocycles. The summed E-state index contributed by atoms with van der Waals surface area (Å²) in [5.74, 6) is 0.153. The molecule has 0 amide bonds. The maximum absolute atomic E-state index is 14.1. The smallest absolute Gasteiger partial charge is 0.350 e. The topological polar surface area (TPSA) is 84.2 Å². The molecule has 7 nitrogen and oxygen atoms in total. The van der Waals surface area contributed by atoms with Crippen molar-refractivity contribution in [2.24, 2.45) is 5.92 Å². The minimum Gasteiger partial charge on any atom is -0.350 e. The maximum Gasteiger partial charge on any atom is 0.353 e. The van der Waals surface area contributed by atoms with Gasteiger partial charge in [0.05, 0.1) is 10.6 Å². The number of halogens is 2. The Morgan fingerprint density at radius 3 is 2.92 bits per heavy atom. The Morgan fingerprint density at radius 1 is 1.44 bits per heavy atom. The molecule has 1 fully saturated rings. The molecule has 132 valence electrons. The molecule has 1 aromatic carbocycles. The van der Waals surface area contributed by atoms with Gasteiger partial charge in [0, 0.05) is 17.6 Å². The molecule has 0 spiro atoms. The normalized spacial score (nSPS) is 17.4. The van der Waals surface area contributed by atoms with E-state index < -0.39 is 10.7 Å². The molecule has 9 heteroatoms. The Balaban J connectivity index is 1.99. The van der Waals surface area contributed by atoms with E-state index >= 15 is 0 Å². The van der Waals surface area contributed by atoms with Gasteiger partial charge in [-0.25, -0.2) is 14.4 Å². The summed E-state index contributed by atoms with van der Waals surface area (Å²) in [5.41, 5.74) is -0.123. The van der Waals surface area contributed by atoms with Crippen molar-refractivity contribution in [3.63, 3.8) is 0 Å². The van der Waals surface area contributed by atoms with Gasteiger partial charge in [-0.15, -0.1) is 0 Å². The standard InChI is InChI=1S/C16H17BrFN5O2/c1-10-3-2-6-22(8-10)16-14(23(24)25)15(19-9-20-16)21-13-5-4-11(17)7-12(13)18/h4-5,7,9-10H,2-3,6,8H2,1H3,(H,19,20,21). The highest BCUT2D eigenvalue weighted by molar-refractivity contribution is 9.10. The van der Waals surface area contributed by atoms with E-state index in [9.17, 15) is 14.5 Å². The number of rotatable bonds is 4. The van der Waals surface area contributed by atoms with Gasteiger partial charge in [-0.3, -0.25) is 10.1 Å². The lowest BCUT2D eigenvalue weighted by molar-refractivity contribution is -0.383. The van der Waals surface area contributed by atoms with Crippen LogP contribution in [-0.2, 0) is 0 Å². The van der Waals surface area contributed by atoms with Crippen LogP contribution in [0.25, 0.3) is 0 Å². The van der Waals surface area contributed by atoms with Gasteiger partial charge in [0.1, 0.15) is 12.1 Å². The first-order chi connectivity index (χ1) is 12.0. The maximum atomic E-state index is 14.1. The third-order valence-corrected chi connectivity index (χ3v) is 4.62. The van der Waals surface area contributed by atoms with Crippen LogP contribution in [0, 0.1) is 21.8 Å². The zero-order valence-corrected chi connectivity index (χ0v) is 15.2. The van der Waals surface area contributed by atoms with Gasteiger partial charge in [0.25, 0.3) is 0 Å². The van der Waals surface area contributed by atoms with Crippen molar-refractivity contribution in [2.75, 3.05) is 23.3 Å². The second-order valence-electron chi connectivity index (χ2n) is 6.09. The van der Waals surface area contributed by atoms with Crippen LogP contribution in [0.2, 0.25) is 0 Å². The fraction of sp³-hybridized carbons (Fsp3) is 0.375. The van der Waals surface area contributed by atoms with Crippen LogP contribution < -0.4 is 10.2 Å². The molecule has 3 rings (SSSR count). The number of aromatic nitrogens is 2. The summed E-state index contributed by atoms with van der Waals surface area (Å²) < 4.78 is 14.6. The van der Waals surface area contributed by atoms with Crippen molar-refractivity contribution in [3.8, 4) is 0 Å². The van der Waals surface area contributed by atoms with Crippen LogP contribution in [0.4, 0.5) is 27.4 Å². The SMILES string of the molecule is CC1CCCN(c2ncnc(Nc3ccc(Br)cc3F)c2[N+](=O)[O-])C1. The lowest BCUT2D eigenvalue weighted by atomic mass is 10.0. The first-order valence-corrected chi connectivity index (χ1v) is 8.71. The largest absolute Gasteiger partial charge is 0.353 e. The number of hydrogen-bond acceptors (Lipinski definition) is 6. The van der Waals surface area contributed by atoms with Gasteiger partial charge < -0.3 is 10.2 Å². The molecule has 2 aromatic rings. The van der Waals surface area contributed by atoms with Crippen LogP contribution in [-0.4, -0.2) is 28.0 Å². The minimum absolute atomic E-state index is 0.0190. The third-order valence-electron chi connectivity index (χ3n) is 4.13. The summed E-state index contributed by atoms with van der Waals surface area (Å²) in [4.78, 5) is 21.1. The van der Waals surface area contributed by atoms with E-state index in [2.05, 4.69) is 38.1 Å². The van der Waals surface area contributed by atoms with Crippen LogP contribution in [0.5, 0.6) is 0 Å². The molecule has 1 aromatic heterocycles. The van der Waals surface area contributed by atoms with E-state index in [0.29, 0.717) is 23.5 Å². The monoisotopic (exact) mass is 409 g/mol. The van der Waals surface area contributed by atoms with Crippen molar-refractivity contribution < 1.29 is 9.31 Å². The van der Waals surface area contributed by atoms with Crippen LogP contribution >= 0.6 is 15.9 Å². The average molecular weight is 410 g/mol. The molecule has 0 radical (unpaired) electrons. The number of nitrogens with one attached hydrogen (secondary N) is 1. The van der Waals surface area contributed by atoms with E-state index in [4.69, 9.17) is 0 Å². The molecule has 1 aliphatic heterocycles. The molecular formula is C16H17BrFN5O2. The van der Waals surface area contributed by atoms with Gasteiger partial charge in [-0.1, -0.05) is 22.9 Å². The second-order valence-corrected chi connectivity index (χ2v) is 7.01. The van der Waals surface area contributed by atoms with E-state index in [1.165, 1.54) is 18.5 Å². The second kappa shape index (κ2) is 7.30. The fourth-order valence-electron chi connectivity index (χ4n) is 2.96. The van der Waals surface area contributed by atoms with Crippen molar-refractivity contribution in [2.45, 2.75) is 19.8 Å². The first kappa shape index (κ1) is 17.5. The first-order valence-electron chi connectivity index (χ1n) is 7.92. The van der Waals surface area contributed by atoms with E-state index in [1.54, 1.807) is 6.07 Å². The lowest BCUT2D eigenvalue weighted by Crippen LogP contribution is -2.35. The number of benzene rings is 1. The molecule has 0 bridgehead atoms. The Labute approximate surface area is 152 Å². The number of anilines is 3. The summed E-state index contributed by atoms with van der Waals surface area (Å²) in [5, 5.41) is 14.4. The molecule has 1 N–H and O–H groups in total. The molecular weight excluding hydrogens is 393 g/mol. The minimum atomic E-state index is -0.532. The van der Waals surface area contributed by atoms with Crippen molar-refractivity contribution in [3.05, 3.63) is 44.9 Å². The van der Waals surface area contributed by atoms with E-state index in [0.717, 1.165) is 12.8 Å². The molecule has 2 heterocycles. The van der Waals surface area contributed by atoms with Crippen molar-refractivity contribution >= 4 is 38.9 Å². The zero-order valence-electron chi connectivity index (χ0n) is 13.6. The third kappa shape index (κ3) is 3.87. The van der Waals surface area contributed by atoms with Crippen LogP contribution in [0.15, 0.2) is 29.0 Å².